The number of H-pyrrole nitrogens is 1. The first-order valence-electron chi connectivity index (χ1n) is 10.9. The number of imidazole rings is 1. The standard InChI is InChI=1S/C25H28N4O2/c1-3-17-10-8-9-13-22(17)29-16-19(14-23(29)30)25(31)28-20(4-2)24-26-15-21(27-24)18-11-6-5-7-12-18/h5-13,15,19-20H,3-4,14,16H2,1-2H3,(H,26,27)(H,28,31). The van der Waals surface area contributed by atoms with E-state index in [0.29, 0.717) is 13.0 Å². The number of carbonyl (C=O) groups excluding carboxylic acids is 2. The van der Waals surface area contributed by atoms with Gasteiger partial charge in [-0.15, -0.1) is 0 Å². The summed E-state index contributed by atoms with van der Waals surface area (Å²) in [5.41, 5.74) is 4.00. The second-order valence-electron chi connectivity index (χ2n) is 7.91. The summed E-state index contributed by atoms with van der Waals surface area (Å²) in [6, 6.07) is 17.6. The zero-order chi connectivity index (χ0) is 21.8. The van der Waals surface area contributed by atoms with Gasteiger partial charge >= 0.3 is 0 Å². The average molecular weight is 417 g/mol. The maximum Gasteiger partial charge on any atom is 0.227 e. The lowest BCUT2D eigenvalue weighted by molar-refractivity contribution is -0.127. The number of aryl methyl sites for hydroxylation is 1. The van der Waals surface area contributed by atoms with Crippen molar-refractivity contribution in [2.45, 2.75) is 39.2 Å². The Morgan fingerprint density at radius 2 is 1.90 bits per heavy atom. The van der Waals surface area contributed by atoms with Crippen molar-refractivity contribution in [3.63, 3.8) is 0 Å². The van der Waals surface area contributed by atoms with Crippen molar-refractivity contribution >= 4 is 17.5 Å². The monoisotopic (exact) mass is 416 g/mol. The molecule has 2 atom stereocenters. The van der Waals surface area contributed by atoms with Crippen molar-refractivity contribution in [1.82, 2.24) is 15.3 Å². The van der Waals surface area contributed by atoms with Crippen LogP contribution < -0.4 is 10.2 Å². The molecule has 2 heterocycles. The van der Waals surface area contributed by atoms with Gasteiger partial charge in [0.2, 0.25) is 11.8 Å². The lowest BCUT2D eigenvalue weighted by atomic mass is 10.1. The van der Waals surface area contributed by atoms with Crippen molar-refractivity contribution in [3.05, 3.63) is 72.2 Å². The van der Waals surface area contributed by atoms with Gasteiger partial charge in [-0.2, -0.15) is 0 Å². The van der Waals surface area contributed by atoms with Crippen LogP contribution in [0.2, 0.25) is 0 Å². The highest BCUT2D eigenvalue weighted by molar-refractivity contribution is 6.00. The predicted molar refractivity (Wildman–Crippen MR) is 121 cm³/mol. The van der Waals surface area contributed by atoms with Crippen LogP contribution in [-0.4, -0.2) is 28.3 Å². The number of nitrogens with zero attached hydrogens (tertiary/aromatic N) is 2. The van der Waals surface area contributed by atoms with Crippen LogP contribution in [-0.2, 0) is 16.0 Å². The fourth-order valence-electron chi connectivity index (χ4n) is 4.12. The van der Waals surface area contributed by atoms with E-state index in [1.54, 1.807) is 11.1 Å². The molecule has 1 saturated heterocycles. The Morgan fingerprint density at radius 3 is 2.65 bits per heavy atom. The lowest BCUT2D eigenvalue weighted by Gasteiger charge is -2.21. The number of para-hydroxylation sites is 1. The Kier molecular flexibility index (Phi) is 6.16. The van der Waals surface area contributed by atoms with Gasteiger partial charge in [-0.25, -0.2) is 4.98 Å². The molecule has 1 aromatic heterocycles. The second-order valence-corrected chi connectivity index (χ2v) is 7.91. The van der Waals surface area contributed by atoms with Crippen molar-refractivity contribution in [2.75, 3.05) is 11.4 Å². The first kappa shape index (κ1) is 20.8. The third-order valence-corrected chi connectivity index (χ3v) is 5.89. The van der Waals surface area contributed by atoms with E-state index in [2.05, 4.69) is 22.2 Å². The number of rotatable bonds is 7. The number of amides is 2. The zero-order valence-electron chi connectivity index (χ0n) is 18.0. The van der Waals surface area contributed by atoms with Crippen molar-refractivity contribution in [2.24, 2.45) is 5.92 Å². The molecule has 1 aliphatic rings. The average Bonchev–Trinajstić information content (AvgIpc) is 3.45. The Morgan fingerprint density at radius 1 is 1.16 bits per heavy atom. The molecule has 1 aliphatic heterocycles. The van der Waals surface area contributed by atoms with E-state index in [9.17, 15) is 9.59 Å². The molecule has 6 nitrogen and oxygen atoms in total. The van der Waals surface area contributed by atoms with Crippen molar-refractivity contribution in [3.8, 4) is 11.3 Å². The van der Waals surface area contributed by atoms with Gasteiger partial charge in [-0.05, 0) is 30.0 Å². The second kappa shape index (κ2) is 9.16. The van der Waals surface area contributed by atoms with E-state index in [4.69, 9.17) is 0 Å². The lowest BCUT2D eigenvalue weighted by Crippen LogP contribution is -2.36. The molecule has 2 N–H and O–H groups in total. The Hall–Kier alpha value is -3.41. The molecule has 2 aromatic carbocycles. The van der Waals surface area contributed by atoms with Gasteiger partial charge in [0, 0.05) is 18.7 Å². The highest BCUT2D eigenvalue weighted by atomic mass is 16.2. The molecule has 3 aromatic rings. The first-order valence-corrected chi connectivity index (χ1v) is 10.9. The van der Waals surface area contributed by atoms with E-state index >= 15 is 0 Å². The van der Waals surface area contributed by atoms with Crippen LogP contribution in [0.15, 0.2) is 60.8 Å². The SMILES string of the molecule is CCc1ccccc1N1CC(C(=O)NC(CC)c2ncc(-c3ccccc3)[nH]2)CC1=O. The van der Waals surface area contributed by atoms with Crippen molar-refractivity contribution < 1.29 is 9.59 Å². The number of hydrogen-bond acceptors (Lipinski definition) is 3. The topological polar surface area (TPSA) is 78.1 Å². The van der Waals surface area contributed by atoms with Gasteiger partial charge in [-0.3, -0.25) is 9.59 Å². The van der Waals surface area contributed by atoms with Crippen LogP contribution in [0.4, 0.5) is 5.69 Å². The number of carbonyl (C=O) groups is 2. The molecule has 1 fully saturated rings. The van der Waals surface area contributed by atoms with Crippen LogP contribution in [0.3, 0.4) is 0 Å². The summed E-state index contributed by atoms with van der Waals surface area (Å²) in [4.78, 5) is 35.3. The maximum atomic E-state index is 13.0. The van der Waals surface area contributed by atoms with Gasteiger partial charge in [0.05, 0.1) is 23.9 Å². The Balaban J connectivity index is 1.45. The molecule has 0 bridgehead atoms. The first-order chi connectivity index (χ1) is 15.1. The molecule has 31 heavy (non-hydrogen) atoms. The van der Waals surface area contributed by atoms with Gasteiger partial charge < -0.3 is 15.2 Å². The van der Waals surface area contributed by atoms with Gasteiger partial charge in [0.25, 0.3) is 0 Å². The smallest absolute Gasteiger partial charge is 0.227 e. The van der Waals surface area contributed by atoms with Crippen LogP contribution in [0, 0.1) is 5.92 Å². The summed E-state index contributed by atoms with van der Waals surface area (Å²) in [6.07, 6.45) is 3.57. The van der Waals surface area contributed by atoms with E-state index in [1.807, 2.05) is 61.5 Å². The summed E-state index contributed by atoms with van der Waals surface area (Å²) in [6.45, 7) is 4.49. The molecular weight excluding hydrogens is 388 g/mol. The zero-order valence-corrected chi connectivity index (χ0v) is 18.0. The number of aromatic nitrogens is 2. The number of aromatic amines is 1. The third-order valence-electron chi connectivity index (χ3n) is 5.89. The molecule has 6 heteroatoms. The number of nitrogens with one attached hydrogen (secondary N) is 2. The molecule has 4 rings (SSSR count). The predicted octanol–water partition coefficient (Wildman–Crippen LogP) is 4.26. The van der Waals surface area contributed by atoms with Crippen LogP contribution in [0.1, 0.15) is 44.1 Å². The minimum atomic E-state index is -0.366. The highest BCUT2D eigenvalue weighted by Crippen LogP contribution is 2.29. The van der Waals surface area contributed by atoms with Crippen molar-refractivity contribution in [1.29, 1.82) is 0 Å². The van der Waals surface area contributed by atoms with Gasteiger partial charge in [0.1, 0.15) is 5.82 Å². The molecule has 160 valence electrons. The Labute approximate surface area is 182 Å². The number of hydrogen-bond donors (Lipinski definition) is 2. The summed E-state index contributed by atoms with van der Waals surface area (Å²) in [5, 5.41) is 3.10. The summed E-state index contributed by atoms with van der Waals surface area (Å²) in [7, 11) is 0. The van der Waals surface area contributed by atoms with Crippen LogP contribution >= 0.6 is 0 Å². The van der Waals surface area contributed by atoms with E-state index in [1.165, 1.54) is 0 Å². The quantitative estimate of drug-likeness (QED) is 0.604. The minimum absolute atomic E-state index is 0.00143. The molecule has 0 aliphatic carbocycles. The van der Waals surface area contributed by atoms with E-state index < -0.39 is 0 Å². The Bertz CT molecular complexity index is 1060. The largest absolute Gasteiger partial charge is 0.346 e. The highest BCUT2D eigenvalue weighted by Gasteiger charge is 2.36. The molecular formula is C25H28N4O2. The molecule has 0 saturated carbocycles. The number of benzene rings is 2. The normalized spacial score (nSPS) is 17.0. The van der Waals surface area contributed by atoms with E-state index in [-0.39, 0.29) is 30.2 Å². The number of anilines is 1. The molecule has 2 unspecified atom stereocenters. The van der Waals surface area contributed by atoms with Crippen LogP contribution in [0.5, 0.6) is 0 Å². The molecule has 0 spiro atoms. The molecule has 0 radical (unpaired) electrons. The summed E-state index contributed by atoms with van der Waals surface area (Å²) >= 11 is 0. The minimum Gasteiger partial charge on any atom is -0.346 e. The summed E-state index contributed by atoms with van der Waals surface area (Å²) in [5.74, 6) is 0.259. The van der Waals surface area contributed by atoms with Gasteiger partial charge in [0.15, 0.2) is 0 Å². The molecule has 2 amide bonds. The van der Waals surface area contributed by atoms with Gasteiger partial charge in [-0.1, -0.05) is 62.4 Å². The van der Waals surface area contributed by atoms with E-state index in [0.717, 1.165) is 34.8 Å². The maximum absolute atomic E-state index is 13.0. The fourth-order valence-corrected chi connectivity index (χ4v) is 4.12. The third kappa shape index (κ3) is 4.38. The summed E-state index contributed by atoms with van der Waals surface area (Å²) < 4.78 is 0. The van der Waals surface area contributed by atoms with Crippen LogP contribution in [0.25, 0.3) is 11.3 Å². The fraction of sp³-hybridized carbons (Fsp3) is 0.320.